The van der Waals surface area contributed by atoms with E-state index in [1.807, 2.05) is 11.8 Å². The third kappa shape index (κ3) is 3.97. The molecule has 2 N–H and O–H groups in total. The molecule has 1 heterocycles. The van der Waals surface area contributed by atoms with E-state index < -0.39 is 5.97 Å². The molecular formula is C8H15NO2S. The Morgan fingerprint density at radius 2 is 2.50 bits per heavy atom. The lowest BCUT2D eigenvalue weighted by molar-refractivity contribution is -0.137. The van der Waals surface area contributed by atoms with E-state index >= 15 is 0 Å². The van der Waals surface area contributed by atoms with Crippen molar-refractivity contribution in [3.63, 3.8) is 0 Å². The van der Waals surface area contributed by atoms with Gasteiger partial charge in [0.05, 0.1) is 0 Å². The van der Waals surface area contributed by atoms with Crippen LogP contribution in [0.2, 0.25) is 0 Å². The molecule has 3 nitrogen and oxygen atoms in total. The van der Waals surface area contributed by atoms with Gasteiger partial charge in [0.2, 0.25) is 0 Å². The molecule has 0 aromatic carbocycles. The summed E-state index contributed by atoms with van der Waals surface area (Å²) in [7, 11) is 0. The van der Waals surface area contributed by atoms with Crippen LogP contribution in [-0.2, 0) is 4.79 Å². The first kappa shape index (κ1) is 9.86. The Hall–Kier alpha value is -0.220. The van der Waals surface area contributed by atoms with Crippen molar-refractivity contribution in [1.29, 1.82) is 0 Å². The highest BCUT2D eigenvalue weighted by Crippen LogP contribution is 2.12. The van der Waals surface area contributed by atoms with Crippen molar-refractivity contribution in [3.05, 3.63) is 0 Å². The van der Waals surface area contributed by atoms with E-state index in [0.29, 0.717) is 12.5 Å². The monoisotopic (exact) mass is 189 g/mol. The zero-order chi connectivity index (χ0) is 8.81. The molecule has 1 fully saturated rings. The van der Waals surface area contributed by atoms with Gasteiger partial charge in [-0.2, -0.15) is 11.8 Å². The highest BCUT2D eigenvalue weighted by atomic mass is 32.2. The van der Waals surface area contributed by atoms with Crippen LogP contribution in [0.4, 0.5) is 0 Å². The van der Waals surface area contributed by atoms with Crippen molar-refractivity contribution < 1.29 is 9.90 Å². The molecule has 1 aliphatic rings. The number of hydrogen-bond donors (Lipinski definition) is 2. The lowest BCUT2D eigenvalue weighted by atomic mass is 10.1. The summed E-state index contributed by atoms with van der Waals surface area (Å²) in [4.78, 5) is 10.2. The second-order valence-corrected chi connectivity index (χ2v) is 4.16. The Morgan fingerprint density at radius 3 is 3.08 bits per heavy atom. The average Bonchev–Trinajstić information content (AvgIpc) is 2.05. The second kappa shape index (κ2) is 5.43. The molecule has 1 atom stereocenters. The smallest absolute Gasteiger partial charge is 0.303 e. The van der Waals surface area contributed by atoms with Crippen LogP contribution in [-0.4, -0.2) is 35.2 Å². The summed E-state index contributed by atoms with van der Waals surface area (Å²) >= 11 is 1.95. The van der Waals surface area contributed by atoms with Crippen LogP contribution in [0.3, 0.4) is 0 Å². The maximum Gasteiger partial charge on any atom is 0.303 e. The number of carboxylic acids is 1. The van der Waals surface area contributed by atoms with Gasteiger partial charge in [0.1, 0.15) is 0 Å². The maximum atomic E-state index is 10.2. The molecule has 1 unspecified atom stereocenters. The van der Waals surface area contributed by atoms with Crippen molar-refractivity contribution in [3.8, 4) is 0 Å². The molecule has 1 saturated heterocycles. The van der Waals surface area contributed by atoms with Gasteiger partial charge in [-0.25, -0.2) is 0 Å². The summed E-state index contributed by atoms with van der Waals surface area (Å²) < 4.78 is 0. The number of aliphatic carboxylic acids is 1. The van der Waals surface area contributed by atoms with Gasteiger partial charge in [0, 0.05) is 30.5 Å². The molecule has 0 saturated carbocycles. The summed E-state index contributed by atoms with van der Waals surface area (Å²) in [5.41, 5.74) is 0. The summed E-state index contributed by atoms with van der Waals surface area (Å²) in [5, 5.41) is 11.8. The molecule has 4 heteroatoms. The first-order valence-electron chi connectivity index (χ1n) is 4.32. The van der Waals surface area contributed by atoms with Crippen molar-refractivity contribution in [2.24, 2.45) is 0 Å². The number of thioether (sulfide) groups is 1. The van der Waals surface area contributed by atoms with Crippen molar-refractivity contribution in [2.45, 2.75) is 25.3 Å². The Labute approximate surface area is 76.9 Å². The Bertz CT molecular complexity index is 146. The van der Waals surface area contributed by atoms with Crippen LogP contribution in [0.5, 0.6) is 0 Å². The van der Waals surface area contributed by atoms with E-state index in [1.54, 1.807) is 0 Å². The minimum Gasteiger partial charge on any atom is -0.481 e. The third-order valence-electron chi connectivity index (χ3n) is 1.94. The van der Waals surface area contributed by atoms with E-state index in [9.17, 15) is 4.79 Å². The maximum absolute atomic E-state index is 10.2. The highest BCUT2D eigenvalue weighted by Gasteiger charge is 2.12. The predicted molar refractivity (Wildman–Crippen MR) is 50.6 cm³/mol. The normalized spacial score (nSPS) is 23.8. The summed E-state index contributed by atoms with van der Waals surface area (Å²) in [6.07, 6.45) is 2.11. The van der Waals surface area contributed by atoms with Gasteiger partial charge in [0.15, 0.2) is 0 Å². The molecule has 0 aromatic heterocycles. The SMILES string of the molecule is O=C(O)CCCC1CSCCN1. The standard InChI is InChI=1S/C8H15NO2S/c10-8(11)3-1-2-7-6-12-5-4-9-7/h7,9H,1-6H2,(H,10,11). The van der Waals surface area contributed by atoms with E-state index in [1.165, 1.54) is 5.75 Å². The third-order valence-corrected chi connectivity index (χ3v) is 3.07. The van der Waals surface area contributed by atoms with Crippen LogP contribution in [0.1, 0.15) is 19.3 Å². The fraction of sp³-hybridized carbons (Fsp3) is 0.875. The lowest BCUT2D eigenvalue weighted by Gasteiger charge is -2.22. The molecular weight excluding hydrogens is 174 g/mol. The van der Waals surface area contributed by atoms with Gasteiger partial charge >= 0.3 is 5.97 Å². The van der Waals surface area contributed by atoms with Gasteiger partial charge in [-0.1, -0.05) is 0 Å². The molecule has 0 aromatic rings. The summed E-state index contributed by atoms with van der Waals surface area (Å²) in [6, 6.07) is 0.545. The Morgan fingerprint density at radius 1 is 1.67 bits per heavy atom. The van der Waals surface area contributed by atoms with Crippen LogP contribution in [0.15, 0.2) is 0 Å². The fourth-order valence-corrected chi connectivity index (χ4v) is 2.30. The van der Waals surface area contributed by atoms with Crippen molar-refractivity contribution >= 4 is 17.7 Å². The summed E-state index contributed by atoms with van der Waals surface area (Å²) in [6.45, 7) is 1.07. The lowest BCUT2D eigenvalue weighted by Crippen LogP contribution is -2.37. The largest absolute Gasteiger partial charge is 0.481 e. The number of rotatable bonds is 4. The molecule has 1 rings (SSSR count). The van der Waals surface area contributed by atoms with Gasteiger partial charge in [-0.15, -0.1) is 0 Å². The van der Waals surface area contributed by atoms with Crippen LogP contribution in [0.25, 0.3) is 0 Å². The van der Waals surface area contributed by atoms with Gasteiger partial charge in [-0.3, -0.25) is 4.79 Å². The molecule has 0 aliphatic carbocycles. The summed E-state index contributed by atoms with van der Waals surface area (Å²) in [5.74, 6) is 1.65. The molecule has 1 aliphatic heterocycles. The van der Waals surface area contributed by atoms with Crippen LogP contribution in [0, 0.1) is 0 Å². The highest BCUT2D eigenvalue weighted by molar-refractivity contribution is 7.99. The fourth-order valence-electron chi connectivity index (χ4n) is 1.30. The van der Waals surface area contributed by atoms with E-state index in [-0.39, 0.29) is 0 Å². The van der Waals surface area contributed by atoms with Gasteiger partial charge in [0.25, 0.3) is 0 Å². The Balaban J connectivity index is 2.01. The van der Waals surface area contributed by atoms with E-state index in [4.69, 9.17) is 5.11 Å². The molecule has 12 heavy (non-hydrogen) atoms. The second-order valence-electron chi connectivity index (χ2n) is 3.01. The molecule has 0 radical (unpaired) electrons. The van der Waals surface area contributed by atoms with Crippen LogP contribution < -0.4 is 5.32 Å². The van der Waals surface area contributed by atoms with Crippen molar-refractivity contribution in [2.75, 3.05) is 18.1 Å². The van der Waals surface area contributed by atoms with Crippen LogP contribution >= 0.6 is 11.8 Å². The van der Waals surface area contributed by atoms with Gasteiger partial charge < -0.3 is 10.4 Å². The molecule has 0 amide bonds. The Kier molecular flexibility index (Phi) is 4.46. The number of carboxylic acid groups (broad SMARTS) is 1. The van der Waals surface area contributed by atoms with Crippen molar-refractivity contribution in [1.82, 2.24) is 5.32 Å². The zero-order valence-electron chi connectivity index (χ0n) is 7.08. The number of hydrogen-bond acceptors (Lipinski definition) is 3. The van der Waals surface area contributed by atoms with E-state index in [2.05, 4.69) is 5.32 Å². The number of carbonyl (C=O) groups is 1. The molecule has 0 spiro atoms. The zero-order valence-corrected chi connectivity index (χ0v) is 7.90. The minimum absolute atomic E-state index is 0.308. The molecule has 70 valence electrons. The number of nitrogens with one attached hydrogen (secondary N) is 1. The average molecular weight is 189 g/mol. The first-order chi connectivity index (χ1) is 5.79. The first-order valence-corrected chi connectivity index (χ1v) is 5.47. The predicted octanol–water partition coefficient (Wildman–Crippen LogP) is 0.946. The van der Waals surface area contributed by atoms with Gasteiger partial charge in [-0.05, 0) is 12.8 Å². The topological polar surface area (TPSA) is 49.3 Å². The molecule has 0 bridgehead atoms. The van der Waals surface area contributed by atoms with E-state index in [0.717, 1.165) is 25.1 Å². The quantitative estimate of drug-likeness (QED) is 0.691. The minimum atomic E-state index is -0.682.